The SMILES string of the molecule is CC/C=C\C/C=C\C/C=C\C/C=C\C/C=C\CC(CC(=O)NC(CO)C(O)CCCCCCCCCCC)OC(=O)CCCCCCCCCCCCCC. The van der Waals surface area contributed by atoms with Crippen molar-refractivity contribution >= 4 is 11.9 Å². The molecule has 0 saturated carbocycles. The lowest BCUT2D eigenvalue weighted by molar-refractivity contribution is -0.150. The molecule has 0 aromatic rings. The normalized spacial score (nSPS) is 13.9. The summed E-state index contributed by atoms with van der Waals surface area (Å²) in [7, 11) is 0. The topological polar surface area (TPSA) is 95.9 Å². The molecule has 0 spiro atoms. The van der Waals surface area contributed by atoms with Gasteiger partial charge in [0.1, 0.15) is 6.10 Å². The van der Waals surface area contributed by atoms with E-state index in [0.29, 0.717) is 19.3 Å². The summed E-state index contributed by atoms with van der Waals surface area (Å²) in [5, 5.41) is 23.5. The Morgan fingerprint density at radius 1 is 0.545 bits per heavy atom. The number of unbranched alkanes of at least 4 members (excludes halogenated alkanes) is 19. The lowest BCUT2D eigenvalue weighted by atomic mass is 10.0. The Kier molecular flexibility index (Phi) is 40.8. The first-order valence-electron chi connectivity index (χ1n) is 23.0. The summed E-state index contributed by atoms with van der Waals surface area (Å²) in [5.41, 5.74) is 0. The number of nitrogens with one attached hydrogen (secondary N) is 1. The van der Waals surface area contributed by atoms with Crippen molar-refractivity contribution in [1.82, 2.24) is 5.32 Å². The molecule has 0 aromatic carbocycles. The lowest BCUT2D eigenvalue weighted by Crippen LogP contribution is -2.46. The molecule has 0 heterocycles. The molecule has 3 unspecified atom stereocenters. The van der Waals surface area contributed by atoms with E-state index in [1.54, 1.807) is 0 Å². The second kappa shape index (κ2) is 42.7. The highest BCUT2D eigenvalue weighted by Crippen LogP contribution is 2.16. The molecule has 3 atom stereocenters. The number of aliphatic hydroxyl groups is 2. The summed E-state index contributed by atoms with van der Waals surface area (Å²) in [6.45, 7) is 6.30. The van der Waals surface area contributed by atoms with Gasteiger partial charge in [0, 0.05) is 12.8 Å². The van der Waals surface area contributed by atoms with Crippen LogP contribution in [-0.2, 0) is 14.3 Å². The summed E-state index contributed by atoms with van der Waals surface area (Å²) in [4.78, 5) is 25.9. The Morgan fingerprint density at radius 2 is 0.945 bits per heavy atom. The quantitative estimate of drug-likeness (QED) is 0.0328. The predicted octanol–water partition coefficient (Wildman–Crippen LogP) is 13.3. The molecule has 0 aromatic heterocycles. The molecule has 3 N–H and O–H groups in total. The highest BCUT2D eigenvalue weighted by molar-refractivity contribution is 5.77. The van der Waals surface area contributed by atoms with E-state index < -0.39 is 18.2 Å². The van der Waals surface area contributed by atoms with Crippen molar-refractivity contribution in [2.75, 3.05) is 6.61 Å². The molecule has 0 fully saturated rings. The van der Waals surface area contributed by atoms with Crippen molar-refractivity contribution < 1.29 is 24.5 Å². The number of amides is 1. The van der Waals surface area contributed by atoms with Crippen molar-refractivity contribution in [3.05, 3.63) is 60.8 Å². The first-order chi connectivity index (χ1) is 27.0. The Morgan fingerprint density at radius 3 is 1.38 bits per heavy atom. The summed E-state index contributed by atoms with van der Waals surface area (Å²) in [5.74, 6) is -0.581. The Balaban J connectivity index is 4.77. The first-order valence-corrected chi connectivity index (χ1v) is 23.0. The third-order valence-electron chi connectivity index (χ3n) is 10.1. The molecule has 0 aliphatic carbocycles. The largest absolute Gasteiger partial charge is 0.461 e. The van der Waals surface area contributed by atoms with Crippen LogP contribution in [0.1, 0.15) is 213 Å². The number of ether oxygens (including phenoxy) is 1. The van der Waals surface area contributed by atoms with Gasteiger partial charge >= 0.3 is 5.97 Å². The Labute approximate surface area is 339 Å². The van der Waals surface area contributed by atoms with Crippen LogP contribution in [0.5, 0.6) is 0 Å². The maximum Gasteiger partial charge on any atom is 0.306 e. The van der Waals surface area contributed by atoms with Crippen LogP contribution in [0.4, 0.5) is 0 Å². The van der Waals surface area contributed by atoms with Gasteiger partial charge in [-0.3, -0.25) is 9.59 Å². The van der Waals surface area contributed by atoms with E-state index in [4.69, 9.17) is 4.74 Å². The zero-order valence-electron chi connectivity index (χ0n) is 36.0. The average Bonchev–Trinajstić information content (AvgIpc) is 3.18. The molecular weight excluding hydrogens is 683 g/mol. The number of rotatable bonds is 40. The lowest BCUT2D eigenvalue weighted by Gasteiger charge is -2.24. The van der Waals surface area contributed by atoms with Gasteiger partial charge in [0.25, 0.3) is 0 Å². The van der Waals surface area contributed by atoms with Crippen molar-refractivity contribution in [3.63, 3.8) is 0 Å². The van der Waals surface area contributed by atoms with E-state index in [-0.39, 0.29) is 24.9 Å². The molecule has 1 amide bonds. The van der Waals surface area contributed by atoms with Gasteiger partial charge in [0.2, 0.25) is 5.91 Å². The van der Waals surface area contributed by atoms with E-state index in [2.05, 4.69) is 74.7 Å². The molecule has 6 nitrogen and oxygen atoms in total. The van der Waals surface area contributed by atoms with Gasteiger partial charge in [0.05, 0.1) is 25.2 Å². The minimum atomic E-state index is -0.809. The van der Waals surface area contributed by atoms with E-state index in [0.717, 1.165) is 70.6 Å². The minimum absolute atomic E-state index is 0.000251. The van der Waals surface area contributed by atoms with Crippen LogP contribution < -0.4 is 5.32 Å². The zero-order chi connectivity index (χ0) is 40.3. The number of esters is 1. The van der Waals surface area contributed by atoms with Gasteiger partial charge in [0.15, 0.2) is 0 Å². The van der Waals surface area contributed by atoms with Crippen LogP contribution in [0.15, 0.2) is 60.8 Å². The molecule has 0 radical (unpaired) electrons. The fourth-order valence-electron chi connectivity index (χ4n) is 6.63. The Bertz CT molecular complexity index is 999. The van der Waals surface area contributed by atoms with Crippen LogP contribution in [0, 0.1) is 0 Å². The molecule has 0 bridgehead atoms. The van der Waals surface area contributed by atoms with Crippen LogP contribution in [0.3, 0.4) is 0 Å². The molecule has 0 aliphatic rings. The van der Waals surface area contributed by atoms with E-state index in [1.807, 2.05) is 12.2 Å². The Hall–Kier alpha value is -2.44. The van der Waals surface area contributed by atoms with Crippen molar-refractivity contribution in [3.8, 4) is 0 Å². The molecule has 0 aliphatic heterocycles. The predicted molar refractivity (Wildman–Crippen MR) is 236 cm³/mol. The van der Waals surface area contributed by atoms with Gasteiger partial charge in [-0.25, -0.2) is 0 Å². The average molecular weight is 770 g/mol. The van der Waals surface area contributed by atoms with Gasteiger partial charge in [-0.1, -0.05) is 210 Å². The fourth-order valence-corrected chi connectivity index (χ4v) is 6.63. The molecule has 0 saturated heterocycles. The number of aliphatic hydroxyl groups excluding tert-OH is 2. The minimum Gasteiger partial charge on any atom is -0.461 e. The number of carbonyl (C=O) groups excluding carboxylic acids is 2. The second-order valence-electron chi connectivity index (χ2n) is 15.4. The monoisotopic (exact) mass is 770 g/mol. The van der Waals surface area contributed by atoms with Crippen molar-refractivity contribution in [2.45, 2.75) is 232 Å². The van der Waals surface area contributed by atoms with Crippen LogP contribution in [-0.4, -0.2) is 46.9 Å². The fraction of sp³-hybridized carbons (Fsp3) is 0.755. The summed E-state index contributed by atoms with van der Waals surface area (Å²) < 4.78 is 5.84. The second-order valence-corrected chi connectivity index (χ2v) is 15.4. The third-order valence-corrected chi connectivity index (χ3v) is 10.1. The molecule has 6 heteroatoms. The maximum absolute atomic E-state index is 13.1. The number of hydrogen-bond donors (Lipinski definition) is 3. The summed E-state index contributed by atoms with van der Waals surface area (Å²) >= 11 is 0. The molecule has 0 rings (SSSR count). The highest BCUT2D eigenvalue weighted by Gasteiger charge is 2.23. The smallest absolute Gasteiger partial charge is 0.306 e. The van der Waals surface area contributed by atoms with Gasteiger partial charge in [-0.05, 0) is 44.9 Å². The highest BCUT2D eigenvalue weighted by atomic mass is 16.5. The van der Waals surface area contributed by atoms with E-state index in [9.17, 15) is 19.8 Å². The van der Waals surface area contributed by atoms with Gasteiger partial charge < -0.3 is 20.3 Å². The van der Waals surface area contributed by atoms with Gasteiger partial charge in [-0.15, -0.1) is 0 Å². The van der Waals surface area contributed by atoms with Crippen molar-refractivity contribution in [2.24, 2.45) is 0 Å². The van der Waals surface area contributed by atoms with Crippen molar-refractivity contribution in [1.29, 1.82) is 0 Å². The maximum atomic E-state index is 13.1. The molecular formula is C49H87NO5. The van der Waals surface area contributed by atoms with E-state index >= 15 is 0 Å². The third kappa shape index (κ3) is 38.2. The summed E-state index contributed by atoms with van der Waals surface area (Å²) in [6, 6.07) is -0.729. The van der Waals surface area contributed by atoms with Gasteiger partial charge in [-0.2, -0.15) is 0 Å². The molecule has 318 valence electrons. The summed E-state index contributed by atoms with van der Waals surface area (Å²) in [6.07, 6.45) is 51.5. The zero-order valence-corrected chi connectivity index (χ0v) is 36.0. The van der Waals surface area contributed by atoms with Crippen LogP contribution in [0.2, 0.25) is 0 Å². The number of hydrogen-bond acceptors (Lipinski definition) is 5. The van der Waals surface area contributed by atoms with E-state index in [1.165, 1.54) is 96.3 Å². The van der Waals surface area contributed by atoms with Crippen LogP contribution in [0.25, 0.3) is 0 Å². The first kappa shape index (κ1) is 52.6. The van der Waals surface area contributed by atoms with Crippen LogP contribution >= 0.6 is 0 Å². The number of carbonyl (C=O) groups is 2. The molecule has 55 heavy (non-hydrogen) atoms. The standard InChI is InChI=1S/C49H87NO5/c1-4-7-10-13-16-19-21-23-24-25-26-29-31-34-37-40-45(55-49(54)42-39-36-33-30-27-22-20-17-14-11-8-5-2)43-48(53)50-46(44-51)47(52)41-38-35-32-28-18-15-12-9-6-3/h7,10,16,19,23-24,26,29,34,37,45-47,51-52H,4-6,8-9,11-15,17-18,20-22,25,27-28,30-33,35-36,38-44H2,1-3H3,(H,50,53)/b10-7-,19-16-,24-23-,29-26-,37-34-. The number of allylic oxidation sites excluding steroid dienone is 9.